The molecule has 0 radical (unpaired) electrons. The second-order valence-corrected chi connectivity index (χ2v) is 7.84. The van der Waals surface area contributed by atoms with Gasteiger partial charge in [0, 0.05) is 51.9 Å². The molecule has 180 valence electrons. The number of hydrogen-bond acceptors (Lipinski definition) is 5. The lowest BCUT2D eigenvalue weighted by Gasteiger charge is -2.19. The normalized spacial score (nSPS) is 15.8. The lowest BCUT2D eigenvalue weighted by Crippen LogP contribution is -2.31. The fourth-order valence-corrected chi connectivity index (χ4v) is 3.84. The number of aromatic nitrogens is 1. The molecule has 1 aromatic carbocycles. The summed E-state index contributed by atoms with van der Waals surface area (Å²) in [6.45, 7) is 9.87. The van der Waals surface area contributed by atoms with Crippen LogP contribution in [0.25, 0.3) is 5.57 Å². The van der Waals surface area contributed by atoms with Crippen LogP contribution in [0.4, 0.5) is 0 Å². The number of carbonyl (C=O) groups is 2. The summed E-state index contributed by atoms with van der Waals surface area (Å²) in [6, 6.07) is 9.23. The Hall–Kier alpha value is -3.19. The van der Waals surface area contributed by atoms with E-state index < -0.39 is 0 Å². The number of amides is 2. The van der Waals surface area contributed by atoms with Crippen molar-refractivity contribution in [3.63, 3.8) is 0 Å². The van der Waals surface area contributed by atoms with Crippen LogP contribution in [-0.4, -0.2) is 61.0 Å². The maximum absolute atomic E-state index is 12.7. The molecule has 7 heteroatoms. The Labute approximate surface area is 199 Å². The molecule has 2 aromatic rings. The van der Waals surface area contributed by atoms with Crippen LogP contribution in [0.15, 0.2) is 42.6 Å². The molecule has 1 aliphatic heterocycles. The van der Waals surface area contributed by atoms with Gasteiger partial charge >= 0.3 is 0 Å². The lowest BCUT2D eigenvalue weighted by atomic mass is 9.94. The van der Waals surface area contributed by atoms with Crippen LogP contribution in [0.2, 0.25) is 0 Å². The van der Waals surface area contributed by atoms with Gasteiger partial charge in [0.15, 0.2) is 0 Å². The number of benzene rings is 1. The van der Waals surface area contributed by atoms with Crippen molar-refractivity contribution in [1.82, 2.24) is 20.5 Å². The van der Waals surface area contributed by atoms with Crippen molar-refractivity contribution in [3.05, 3.63) is 65.0 Å². The van der Waals surface area contributed by atoms with Gasteiger partial charge in [0.2, 0.25) is 0 Å². The number of hydrogen-bond donors (Lipinski definition) is 2. The molecule has 0 spiro atoms. The van der Waals surface area contributed by atoms with Crippen LogP contribution >= 0.6 is 0 Å². The molecule has 2 amide bonds. The van der Waals surface area contributed by atoms with Crippen LogP contribution in [0.1, 0.15) is 68.4 Å². The van der Waals surface area contributed by atoms with Gasteiger partial charge in [-0.1, -0.05) is 12.1 Å². The predicted octanol–water partition coefficient (Wildman–Crippen LogP) is 4.00. The highest BCUT2D eigenvalue weighted by Crippen LogP contribution is 2.33. The molecule has 0 saturated carbocycles. The van der Waals surface area contributed by atoms with Crippen LogP contribution < -0.4 is 15.4 Å². The van der Waals surface area contributed by atoms with Gasteiger partial charge in [0.05, 0.1) is 0 Å². The highest BCUT2D eigenvalue weighted by atomic mass is 16.5. The maximum atomic E-state index is 12.7. The van der Waals surface area contributed by atoms with E-state index in [0.717, 1.165) is 48.4 Å². The molecular weight excluding hydrogens is 416 g/mol. The van der Waals surface area contributed by atoms with E-state index >= 15 is 0 Å². The molecule has 0 aliphatic carbocycles. The summed E-state index contributed by atoms with van der Waals surface area (Å²) in [5.41, 5.74) is 3.70. The lowest BCUT2D eigenvalue weighted by molar-refractivity contribution is 0.0767. The molecule has 0 fully saturated rings. The summed E-state index contributed by atoms with van der Waals surface area (Å²) >= 11 is 0. The molecule has 2 heterocycles. The summed E-state index contributed by atoms with van der Waals surface area (Å²) in [5, 5.41) is 6.24. The molecule has 33 heavy (non-hydrogen) atoms. The van der Waals surface area contributed by atoms with Crippen LogP contribution in [0.5, 0.6) is 5.75 Å². The Morgan fingerprint density at radius 2 is 1.97 bits per heavy atom. The minimum atomic E-state index is -0.117. The quantitative estimate of drug-likeness (QED) is 0.689. The largest absolute Gasteiger partial charge is 0.492 e. The standard InChI is InChI=1S/C26H34N4O3.2H2/c1-4-28-25(31)19-11-13-24-22(17-19)21(9-7-8-14-27-15-16-33-24)20-10-12-23(29-18-20)26(32)30(5-2)6-3;;/h9-13,17-18,27H,4-8,14-16H2,1-3H3,(H,28,31);2*1H/b21-9-;;. The fourth-order valence-electron chi connectivity index (χ4n) is 3.84. The van der Waals surface area contributed by atoms with Gasteiger partial charge in [-0.05, 0) is 70.0 Å². The first-order valence-corrected chi connectivity index (χ1v) is 11.8. The molecule has 0 saturated heterocycles. The van der Waals surface area contributed by atoms with Crippen molar-refractivity contribution in [3.8, 4) is 5.75 Å². The van der Waals surface area contributed by atoms with Crippen molar-refractivity contribution in [2.45, 2.75) is 33.6 Å². The van der Waals surface area contributed by atoms with E-state index in [0.29, 0.717) is 37.5 Å². The maximum Gasteiger partial charge on any atom is 0.272 e. The molecule has 3 rings (SSSR count). The van der Waals surface area contributed by atoms with Crippen LogP contribution in [0.3, 0.4) is 0 Å². The summed E-state index contributed by atoms with van der Waals surface area (Å²) in [7, 11) is 0. The number of ether oxygens (including phenoxy) is 1. The Morgan fingerprint density at radius 1 is 1.15 bits per heavy atom. The molecule has 0 unspecified atom stereocenters. The summed E-state index contributed by atoms with van der Waals surface area (Å²) in [6.07, 6.45) is 5.76. The molecule has 1 aromatic heterocycles. The number of nitrogens with zero attached hydrogens (tertiary/aromatic N) is 2. The van der Waals surface area contributed by atoms with Gasteiger partial charge < -0.3 is 20.3 Å². The monoisotopic (exact) mass is 454 g/mol. The second kappa shape index (κ2) is 12.2. The molecular formula is C26H38N4O3. The van der Waals surface area contributed by atoms with Crippen molar-refractivity contribution in [2.24, 2.45) is 0 Å². The molecule has 1 aliphatic rings. The minimum absolute atomic E-state index is 0. The fraction of sp³-hybridized carbons (Fsp3) is 0.423. The van der Waals surface area contributed by atoms with E-state index in [2.05, 4.69) is 21.7 Å². The first kappa shape index (κ1) is 24.5. The Morgan fingerprint density at radius 3 is 2.67 bits per heavy atom. The van der Waals surface area contributed by atoms with Gasteiger partial charge in [0.1, 0.15) is 18.1 Å². The number of carbonyl (C=O) groups excluding carboxylic acids is 2. The smallest absolute Gasteiger partial charge is 0.272 e. The van der Waals surface area contributed by atoms with Crippen molar-refractivity contribution >= 4 is 17.4 Å². The highest BCUT2D eigenvalue weighted by molar-refractivity contribution is 5.97. The van der Waals surface area contributed by atoms with Gasteiger partial charge in [-0.25, -0.2) is 0 Å². The van der Waals surface area contributed by atoms with E-state index in [1.165, 1.54) is 0 Å². The van der Waals surface area contributed by atoms with Crippen LogP contribution in [0, 0.1) is 0 Å². The first-order valence-electron chi connectivity index (χ1n) is 11.8. The van der Waals surface area contributed by atoms with Gasteiger partial charge in [-0.2, -0.15) is 0 Å². The average Bonchev–Trinajstić information content (AvgIpc) is 2.88. The second-order valence-electron chi connectivity index (χ2n) is 7.84. The van der Waals surface area contributed by atoms with Gasteiger partial charge in [0.25, 0.3) is 11.8 Å². The Kier molecular flexibility index (Phi) is 9.01. The van der Waals surface area contributed by atoms with E-state index in [9.17, 15) is 9.59 Å². The highest BCUT2D eigenvalue weighted by Gasteiger charge is 2.18. The summed E-state index contributed by atoms with van der Waals surface area (Å²) < 4.78 is 6.07. The zero-order valence-electron chi connectivity index (χ0n) is 19.8. The summed E-state index contributed by atoms with van der Waals surface area (Å²) in [5.74, 6) is 0.534. The van der Waals surface area contributed by atoms with E-state index in [1.807, 2.05) is 39.0 Å². The van der Waals surface area contributed by atoms with Crippen molar-refractivity contribution < 1.29 is 17.2 Å². The minimum Gasteiger partial charge on any atom is -0.492 e. The van der Waals surface area contributed by atoms with Crippen molar-refractivity contribution in [2.75, 3.05) is 39.3 Å². The zero-order chi connectivity index (χ0) is 23.6. The van der Waals surface area contributed by atoms with Crippen LogP contribution in [-0.2, 0) is 0 Å². The number of pyridine rings is 1. The molecule has 2 N–H and O–H groups in total. The number of allylic oxidation sites excluding steroid dienone is 1. The third-order valence-corrected chi connectivity index (χ3v) is 5.66. The third kappa shape index (κ3) is 6.20. The SMILES string of the molecule is CCNC(=O)c1ccc2c(c1)/C(c1ccc(C(=O)N(CC)CC)nc1)=C\CCCNCCO2.[HH].[HH]. The van der Waals surface area contributed by atoms with Gasteiger partial charge in [-0.3, -0.25) is 14.6 Å². The van der Waals surface area contributed by atoms with E-state index in [-0.39, 0.29) is 14.7 Å². The summed E-state index contributed by atoms with van der Waals surface area (Å²) in [4.78, 5) is 31.4. The van der Waals surface area contributed by atoms with E-state index in [4.69, 9.17) is 4.74 Å². The van der Waals surface area contributed by atoms with Gasteiger partial charge in [-0.15, -0.1) is 0 Å². The number of rotatable bonds is 6. The average molecular weight is 455 g/mol. The van der Waals surface area contributed by atoms with E-state index in [1.54, 1.807) is 23.2 Å². The number of fused-ring (bicyclic) bond motifs is 1. The molecule has 0 bridgehead atoms. The Bertz CT molecular complexity index is 993. The number of nitrogens with one attached hydrogen (secondary N) is 2. The van der Waals surface area contributed by atoms with Crippen molar-refractivity contribution in [1.29, 1.82) is 0 Å². The first-order chi connectivity index (χ1) is 16.1. The predicted molar refractivity (Wildman–Crippen MR) is 135 cm³/mol. The Balaban J connectivity index is 0.00000306. The topological polar surface area (TPSA) is 83.6 Å². The third-order valence-electron chi connectivity index (χ3n) is 5.66. The molecule has 0 atom stereocenters. The zero-order valence-corrected chi connectivity index (χ0v) is 19.8. The molecule has 7 nitrogen and oxygen atoms in total.